The summed E-state index contributed by atoms with van der Waals surface area (Å²) >= 11 is 0. The number of amides is 1. The number of sulfone groups is 1. The number of anilines is 1. The van der Waals surface area contributed by atoms with Crippen molar-refractivity contribution in [1.82, 2.24) is 9.78 Å². The lowest BCUT2D eigenvalue weighted by molar-refractivity contribution is 0.102. The Kier molecular flexibility index (Phi) is 3.63. The largest absolute Gasteiger partial charge is 0.319 e. The van der Waals surface area contributed by atoms with E-state index in [0.29, 0.717) is 5.69 Å². The van der Waals surface area contributed by atoms with Crippen LogP contribution in [0.25, 0.3) is 0 Å². The zero-order valence-corrected chi connectivity index (χ0v) is 12.2. The minimum atomic E-state index is -3.33. The highest BCUT2D eigenvalue weighted by Crippen LogP contribution is 2.16. The third-order valence-corrected chi connectivity index (χ3v) is 4.12. The molecule has 1 N–H and O–H groups in total. The third kappa shape index (κ3) is 2.88. The molecule has 0 atom stereocenters. The first-order valence-corrected chi connectivity index (χ1v) is 7.78. The van der Waals surface area contributed by atoms with E-state index in [1.807, 2.05) is 6.92 Å². The lowest BCUT2D eigenvalue weighted by atomic mass is 10.2. The van der Waals surface area contributed by atoms with E-state index in [1.54, 1.807) is 30.1 Å². The minimum absolute atomic E-state index is 0.119. The molecule has 0 saturated heterocycles. The van der Waals surface area contributed by atoms with E-state index in [4.69, 9.17) is 0 Å². The highest BCUT2D eigenvalue weighted by molar-refractivity contribution is 7.90. The fourth-order valence-electron chi connectivity index (χ4n) is 1.68. The number of aryl methyl sites for hydroxylation is 1. The number of nitrogens with one attached hydrogen (secondary N) is 1. The summed E-state index contributed by atoms with van der Waals surface area (Å²) in [6, 6.07) is 5.93. The highest BCUT2D eigenvalue weighted by atomic mass is 32.2. The molecule has 7 heteroatoms. The van der Waals surface area contributed by atoms with Crippen LogP contribution in [-0.2, 0) is 16.9 Å². The van der Waals surface area contributed by atoms with E-state index in [9.17, 15) is 13.2 Å². The molecule has 0 radical (unpaired) electrons. The van der Waals surface area contributed by atoms with Gasteiger partial charge in [0.05, 0.1) is 22.5 Å². The summed E-state index contributed by atoms with van der Waals surface area (Å²) in [4.78, 5) is 12.2. The van der Waals surface area contributed by atoms with Crippen molar-refractivity contribution >= 4 is 21.4 Å². The van der Waals surface area contributed by atoms with Gasteiger partial charge in [0.15, 0.2) is 9.84 Å². The number of hydrogen-bond acceptors (Lipinski definition) is 4. The Morgan fingerprint density at radius 2 is 2.05 bits per heavy atom. The fourth-order valence-corrected chi connectivity index (χ4v) is 2.35. The van der Waals surface area contributed by atoms with Gasteiger partial charge in [-0.2, -0.15) is 5.10 Å². The lowest BCUT2D eigenvalue weighted by Gasteiger charge is -2.06. The van der Waals surface area contributed by atoms with Crippen LogP contribution in [0.3, 0.4) is 0 Å². The molecular formula is C13H15N3O3S. The first-order valence-electron chi connectivity index (χ1n) is 5.89. The van der Waals surface area contributed by atoms with E-state index < -0.39 is 9.84 Å². The number of benzene rings is 1. The normalized spacial score (nSPS) is 11.3. The van der Waals surface area contributed by atoms with Gasteiger partial charge in [-0.1, -0.05) is 6.07 Å². The number of carbonyl (C=O) groups is 1. The van der Waals surface area contributed by atoms with E-state index in [2.05, 4.69) is 10.4 Å². The minimum Gasteiger partial charge on any atom is -0.319 e. The smallest absolute Gasteiger partial charge is 0.255 e. The van der Waals surface area contributed by atoms with Crippen LogP contribution < -0.4 is 5.32 Å². The van der Waals surface area contributed by atoms with Gasteiger partial charge in [-0.15, -0.1) is 0 Å². The average Bonchev–Trinajstić information content (AvgIpc) is 2.70. The van der Waals surface area contributed by atoms with Crippen LogP contribution in [0.15, 0.2) is 35.4 Å². The monoisotopic (exact) mass is 293 g/mol. The van der Waals surface area contributed by atoms with Gasteiger partial charge in [0.25, 0.3) is 5.91 Å². The number of rotatable bonds is 3. The molecular weight excluding hydrogens is 278 g/mol. The predicted octanol–water partition coefficient (Wildman–Crippen LogP) is 1.38. The number of nitrogens with zero attached hydrogens (tertiary/aromatic N) is 2. The first kappa shape index (κ1) is 14.3. The molecule has 1 heterocycles. The molecule has 0 fully saturated rings. The maximum atomic E-state index is 12.1. The van der Waals surface area contributed by atoms with Crippen molar-refractivity contribution in [3.05, 3.63) is 41.7 Å². The molecule has 0 aliphatic carbocycles. The SMILES string of the molecule is Cc1c(NC(=O)c2cccc(S(C)(=O)=O)c2)cnn1C. The summed E-state index contributed by atoms with van der Waals surface area (Å²) in [5.74, 6) is -0.369. The fraction of sp³-hybridized carbons (Fsp3) is 0.231. The molecule has 1 aromatic heterocycles. The summed E-state index contributed by atoms with van der Waals surface area (Å²) in [5.41, 5.74) is 1.70. The lowest BCUT2D eigenvalue weighted by Crippen LogP contribution is -2.13. The van der Waals surface area contributed by atoms with Gasteiger partial charge in [0.1, 0.15) is 0 Å². The van der Waals surface area contributed by atoms with Gasteiger partial charge in [-0.3, -0.25) is 9.48 Å². The third-order valence-electron chi connectivity index (χ3n) is 3.01. The van der Waals surface area contributed by atoms with Gasteiger partial charge in [0, 0.05) is 18.9 Å². The zero-order valence-electron chi connectivity index (χ0n) is 11.4. The molecule has 0 saturated carbocycles. The zero-order chi connectivity index (χ0) is 14.9. The molecule has 2 aromatic rings. The van der Waals surface area contributed by atoms with Gasteiger partial charge in [-0.25, -0.2) is 8.42 Å². The molecule has 1 amide bonds. The Morgan fingerprint density at radius 3 is 2.60 bits per heavy atom. The number of carbonyl (C=O) groups excluding carboxylic acids is 1. The summed E-state index contributed by atoms with van der Waals surface area (Å²) in [7, 11) is -1.56. The molecule has 0 aliphatic rings. The Hall–Kier alpha value is -2.15. The summed E-state index contributed by atoms with van der Waals surface area (Å²) in [6.07, 6.45) is 2.66. The second-order valence-corrected chi connectivity index (χ2v) is 6.54. The molecule has 0 unspecified atom stereocenters. The van der Waals surface area contributed by atoms with Gasteiger partial charge in [-0.05, 0) is 25.1 Å². The Balaban J connectivity index is 2.28. The predicted molar refractivity (Wildman–Crippen MR) is 75.5 cm³/mol. The molecule has 106 valence electrons. The quantitative estimate of drug-likeness (QED) is 0.927. The molecule has 20 heavy (non-hydrogen) atoms. The van der Waals surface area contributed by atoms with E-state index in [0.717, 1.165) is 11.9 Å². The van der Waals surface area contributed by atoms with Crippen LogP contribution in [0.5, 0.6) is 0 Å². The molecule has 0 spiro atoms. The maximum absolute atomic E-state index is 12.1. The van der Waals surface area contributed by atoms with Gasteiger partial charge in [0.2, 0.25) is 0 Å². The van der Waals surface area contributed by atoms with Crippen LogP contribution in [0, 0.1) is 6.92 Å². The highest BCUT2D eigenvalue weighted by Gasteiger charge is 2.13. The Morgan fingerprint density at radius 1 is 1.35 bits per heavy atom. The standard InChI is InChI=1S/C13H15N3O3S/c1-9-12(8-14-16(9)2)15-13(17)10-5-4-6-11(7-10)20(3,18)19/h4-8H,1-3H3,(H,15,17). The van der Waals surface area contributed by atoms with Gasteiger partial charge < -0.3 is 5.32 Å². The van der Waals surface area contributed by atoms with Crippen molar-refractivity contribution in [2.45, 2.75) is 11.8 Å². The summed E-state index contributed by atoms with van der Waals surface area (Å²) in [5, 5.41) is 6.73. The number of aromatic nitrogens is 2. The molecule has 2 rings (SSSR count). The second-order valence-electron chi connectivity index (χ2n) is 4.52. The summed E-state index contributed by atoms with van der Waals surface area (Å²) in [6.45, 7) is 1.83. The van der Waals surface area contributed by atoms with E-state index in [1.165, 1.54) is 12.1 Å². The van der Waals surface area contributed by atoms with Crippen molar-refractivity contribution in [2.75, 3.05) is 11.6 Å². The van der Waals surface area contributed by atoms with Crippen molar-refractivity contribution in [3.63, 3.8) is 0 Å². The topological polar surface area (TPSA) is 81.1 Å². The van der Waals surface area contributed by atoms with Crippen LogP contribution in [-0.4, -0.2) is 30.4 Å². The van der Waals surface area contributed by atoms with Crippen molar-refractivity contribution < 1.29 is 13.2 Å². The van der Waals surface area contributed by atoms with Gasteiger partial charge >= 0.3 is 0 Å². The van der Waals surface area contributed by atoms with Crippen LogP contribution in [0.2, 0.25) is 0 Å². The number of hydrogen-bond donors (Lipinski definition) is 1. The summed E-state index contributed by atoms with van der Waals surface area (Å²) < 4.78 is 24.6. The van der Waals surface area contributed by atoms with Crippen LogP contribution in [0.4, 0.5) is 5.69 Å². The maximum Gasteiger partial charge on any atom is 0.255 e. The Bertz CT molecular complexity index is 763. The van der Waals surface area contributed by atoms with E-state index >= 15 is 0 Å². The second kappa shape index (κ2) is 5.09. The van der Waals surface area contributed by atoms with Crippen molar-refractivity contribution in [2.24, 2.45) is 7.05 Å². The van der Waals surface area contributed by atoms with E-state index in [-0.39, 0.29) is 16.4 Å². The molecule has 1 aromatic carbocycles. The van der Waals surface area contributed by atoms with Crippen molar-refractivity contribution in [1.29, 1.82) is 0 Å². The van der Waals surface area contributed by atoms with Crippen molar-refractivity contribution in [3.8, 4) is 0 Å². The first-order chi connectivity index (χ1) is 9.29. The molecule has 0 aliphatic heterocycles. The van der Waals surface area contributed by atoms with Crippen LogP contribution >= 0.6 is 0 Å². The Labute approximate surface area is 117 Å². The molecule has 0 bridgehead atoms. The average molecular weight is 293 g/mol. The van der Waals surface area contributed by atoms with Crippen LogP contribution in [0.1, 0.15) is 16.1 Å². The molecule has 6 nitrogen and oxygen atoms in total.